The summed E-state index contributed by atoms with van der Waals surface area (Å²) in [5, 5.41) is 11.6. The number of ether oxygens (including phenoxy) is 1. The number of nitro benzene ring substituents is 1. The van der Waals surface area contributed by atoms with Crippen molar-refractivity contribution in [2.75, 3.05) is 19.1 Å². The van der Waals surface area contributed by atoms with E-state index in [-0.39, 0.29) is 16.5 Å². The van der Waals surface area contributed by atoms with Gasteiger partial charge in [-0.25, -0.2) is 4.90 Å². The fraction of sp³-hybridized carbons (Fsp3) is 0.118. The molecule has 1 aromatic heterocycles. The van der Waals surface area contributed by atoms with Crippen molar-refractivity contribution in [1.82, 2.24) is 9.88 Å². The van der Waals surface area contributed by atoms with E-state index < -0.39 is 10.8 Å². The Kier molecular flexibility index (Phi) is 4.63. The molecule has 1 aliphatic heterocycles. The van der Waals surface area contributed by atoms with Gasteiger partial charge >= 0.3 is 0 Å². The molecule has 0 bridgehead atoms. The second-order valence-corrected chi connectivity index (χ2v) is 5.77. The average molecular weight is 370 g/mol. The number of aromatic nitrogens is 1. The van der Waals surface area contributed by atoms with Crippen LogP contribution in [0.5, 0.6) is 5.75 Å². The summed E-state index contributed by atoms with van der Waals surface area (Å²) in [6.07, 6.45) is 4.87. The molecule has 8 nitrogen and oxygen atoms in total. The summed E-state index contributed by atoms with van der Waals surface area (Å²) < 4.78 is 5.03. The van der Waals surface area contributed by atoms with E-state index in [1.165, 1.54) is 24.1 Å². The molecule has 2 aromatic rings. The normalized spacial score (nSPS) is 15.7. The lowest BCUT2D eigenvalue weighted by atomic mass is 10.2. The summed E-state index contributed by atoms with van der Waals surface area (Å²) in [6.45, 7) is 0. The van der Waals surface area contributed by atoms with Crippen molar-refractivity contribution in [1.29, 1.82) is 0 Å². The summed E-state index contributed by atoms with van der Waals surface area (Å²) in [7, 11) is 3.05. The Bertz CT molecular complexity index is 930. The fourth-order valence-corrected chi connectivity index (χ4v) is 2.83. The molecule has 1 aliphatic rings. The highest BCUT2D eigenvalue weighted by atomic mass is 32.1. The fourth-order valence-electron chi connectivity index (χ4n) is 2.55. The number of benzene rings is 1. The van der Waals surface area contributed by atoms with Crippen LogP contribution >= 0.6 is 12.2 Å². The zero-order valence-electron chi connectivity index (χ0n) is 13.9. The third kappa shape index (κ3) is 3.00. The van der Waals surface area contributed by atoms with Gasteiger partial charge in [-0.2, -0.15) is 0 Å². The van der Waals surface area contributed by atoms with E-state index in [4.69, 9.17) is 17.0 Å². The number of anilines is 1. The van der Waals surface area contributed by atoms with Gasteiger partial charge in [0.2, 0.25) is 0 Å². The van der Waals surface area contributed by atoms with Crippen molar-refractivity contribution >= 4 is 40.7 Å². The van der Waals surface area contributed by atoms with Gasteiger partial charge < -0.3 is 9.64 Å². The molecular formula is C17H14N4O4S. The highest BCUT2D eigenvalue weighted by Crippen LogP contribution is 2.36. The van der Waals surface area contributed by atoms with Gasteiger partial charge in [-0.15, -0.1) is 0 Å². The number of likely N-dealkylation sites (N-methyl/N-ethyl adjacent to an activating group) is 1. The molecule has 1 aromatic carbocycles. The van der Waals surface area contributed by atoms with Crippen molar-refractivity contribution in [3.05, 3.63) is 64.1 Å². The van der Waals surface area contributed by atoms with Crippen molar-refractivity contribution in [3.63, 3.8) is 0 Å². The van der Waals surface area contributed by atoms with Crippen LogP contribution in [0.25, 0.3) is 6.08 Å². The lowest BCUT2D eigenvalue weighted by Gasteiger charge is -2.16. The number of pyridine rings is 1. The van der Waals surface area contributed by atoms with Crippen LogP contribution in [0, 0.1) is 10.1 Å². The first-order valence-electron chi connectivity index (χ1n) is 7.50. The Morgan fingerprint density at radius 2 is 1.96 bits per heavy atom. The number of hydrogen-bond acceptors (Lipinski definition) is 6. The van der Waals surface area contributed by atoms with Gasteiger partial charge in [-0.3, -0.25) is 19.9 Å². The van der Waals surface area contributed by atoms with E-state index in [2.05, 4.69) is 4.98 Å². The third-order valence-electron chi connectivity index (χ3n) is 3.89. The lowest BCUT2D eigenvalue weighted by molar-refractivity contribution is -0.384. The van der Waals surface area contributed by atoms with Gasteiger partial charge in [0.25, 0.3) is 11.6 Å². The van der Waals surface area contributed by atoms with E-state index in [0.717, 1.165) is 10.5 Å². The molecule has 0 unspecified atom stereocenters. The van der Waals surface area contributed by atoms with Crippen molar-refractivity contribution < 1.29 is 14.5 Å². The first kappa shape index (κ1) is 17.5. The summed E-state index contributed by atoms with van der Waals surface area (Å²) in [6, 6.07) is 7.74. The predicted octanol–water partition coefficient (Wildman–Crippen LogP) is 2.60. The summed E-state index contributed by atoms with van der Waals surface area (Å²) >= 11 is 5.35. The maximum atomic E-state index is 12.9. The zero-order valence-corrected chi connectivity index (χ0v) is 14.8. The number of thiocarbonyl (C=S) groups is 1. The van der Waals surface area contributed by atoms with Gasteiger partial charge in [0, 0.05) is 19.4 Å². The summed E-state index contributed by atoms with van der Waals surface area (Å²) in [5.41, 5.74) is 0.907. The molecule has 0 aliphatic carbocycles. The first-order valence-corrected chi connectivity index (χ1v) is 7.91. The van der Waals surface area contributed by atoms with Gasteiger partial charge in [0.15, 0.2) is 5.11 Å². The lowest BCUT2D eigenvalue weighted by Crippen LogP contribution is -2.31. The van der Waals surface area contributed by atoms with E-state index in [0.29, 0.717) is 11.4 Å². The second kappa shape index (κ2) is 6.89. The van der Waals surface area contributed by atoms with Crippen LogP contribution in [0.4, 0.5) is 11.4 Å². The Labute approximate surface area is 154 Å². The Balaban J connectivity index is 2.07. The molecule has 132 valence electrons. The maximum Gasteiger partial charge on any atom is 0.297 e. The number of carbonyl (C=O) groups excluding carboxylic acids is 1. The molecule has 9 heteroatoms. The van der Waals surface area contributed by atoms with Gasteiger partial charge in [-0.05, 0) is 48.1 Å². The van der Waals surface area contributed by atoms with Crippen LogP contribution in [0.1, 0.15) is 5.56 Å². The van der Waals surface area contributed by atoms with E-state index in [1.807, 2.05) is 0 Å². The highest BCUT2D eigenvalue weighted by Gasteiger charge is 2.39. The molecule has 26 heavy (non-hydrogen) atoms. The largest absolute Gasteiger partial charge is 0.496 e. The molecular weight excluding hydrogens is 356 g/mol. The molecule has 1 saturated heterocycles. The topological polar surface area (TPSA) is 88.8 Å². The average Bonchev–Trinajstić information content (AvgIpc) is 2.85. The molecule has 2 heterocycles. The number of carbonyl (C=O) groups is 1. The molecule has 1 amide bonds. The molecule has 0 radical (unpaired) electrons. The maximum absolute atomic E-state index is 12.9. The van der Waals surface area contributed by atoms with E-state index in [1.54, 1.807) is 43.7 Å². The predicted molar refractivity (Wildman–Crippen MR) is 99.7 cm³/mol. The van der Waals surface area contributed by atoms with Gasteiger partial charge in [0.05, 0.1) is 18.1 Å². The van der Waals surface area contributed by atoms with Crippen molar-refractivity contribution in [3.8, 4) is 5.75 Å². The van der Waals surface area contributed by atoms with Crippen molar-refractivity contribution in [2.45, 2.75) is 0 Å². The van der Waals surface area contributed by atoms with Crippen LogP contribution in [-0.4, -0.2) is 40.0 Å². The number of nitrogens with zero attached hydrogens (tertiary/aromatic N) is 4. The van der Waals surface area contributed by atoms with E-state index >= 15 is 0 Å². The molecule has 0 spiro atoms. The second-order valence-electron chi connectivity index (χ2n) is 5.40. The number of rotatable bonds is 4. The Morgan fingerprint density at radius 3 is 2.58 bits per heavy atom. The third-order valence-corrected chi connectivity index (χ3v) is 4.35. The summed E-state index contributed by atoms with van der Waals surface area (Å²) in [5.74, 6) is -0.124. The number of hydrogen-bond donors (Lipinski definition) is 0. The monoisotopic (exact) mass is 370 g/mol. The minimum absolute atomic E-state index is 0.0933. The molecule has 0 saturated carbocycles. The first-order chi connectivity index (χ1) is 12.4. The number of methoxy groups -OCH3 is 1. The van der Waals surface area contributed by atoms with Crippen LogP contribution in [0.3, 0.4) is 0 Å². The minimum atomic E-state index is -0.571. The Hall–Kier alpha value is -3.33. The van der Waals surface area contributed by atoms with E-state index in [9.17, 15) is 14.9 Å². The quantitative estimate of drug-likeness (QED) is 0.354. The molecule has 0 atom stereocenters. The smallest absolute Gasteiger partial charge is 0.297 e. The van der Waals surface area contributed by atoms with Crippen LogP contribution in [0.15, 0.2) is 48.4 Å². The SMILES string of the molecule is COc1ccc(N2C(=O)/C(=C\c3ccncc3)N(C)C2=S)c([N+](=O)[O-])c1. The molecule has 1 fully saturated rings. The van der Waals surface area contributed by atoms with Gasteiger partial charge in [-0.1, -0.05) is 0 Å². The molecule has 3 rings (SSSR count). The number of nitro groups is 1. The highest BCUT2D eigenvalue weighted by molar-refractivity contribution is 7.80. The van der Waals surface area contributed by atoms with Gasteiger partial charge in [0.1, 0.15) is 17.1 Å². The zero-order chi connectivity index (χ0) is 18.8. The summed E-state index contributed by atoms with van der Waals surface area (Å²) in [4.78, 5) is 30.4. The minimum Gasteiger partial charge on any atom is -0.496 e. The standard InChI is InChI=1S/C17H14N4O4S/c1-19-15(9-11-5-7-18-8-6-11)16(22)20(17(19)26)13-4-3-12(25-2)10-14(13)21(23)24/h3-10H,1-2H3/b15-9+. The number of amides is 1. The van der Waals surface area contributed by atoms with Crippen LogP contribution in [0.2, 0.25) is 0 Å². The van der Waals surface area contributed by atoms with Crippen LogP contribution < -0.4 is 9.64 Å². The van der Waals surface area contributed by atoms with Crippen LogP contribution in [-0.2, 0) is 4.79 Å². The Morgan fingerprint density at radius 1 is 1.27 bits per heavy atom. The van der Waals surface area contributed by atoms with Crippen molar-refractivity contribution in [2.24, 2.45) is 0 Å². The molecule has 0 N–H and O–H groups in total.